The lowest BCUT2D eigenvalue weighted by Gasteiger charge is -2.27. The molecule has 1 atom stereocenters. The van der Waals surface area contributed by atoms with Crippen LogP contribution >= 0.6 is 0 Å². The van der Waals surface area contributed by atoms with Crippen molar-refractivity contribution in [2.45, 2.75) is 26.3 Å². The van der Waals surface area contributed by atoms with Crippen LogP contribution < -0.4 is 15.0 Å². The molecule has 2 aromatic rings. The predicted octanol–water partition coefficient (Wildman–Crippen LogP) is 3.03. The molecule has 2 aromatic carbocycles. The minimum atomic E-state index is -0.283. The number of Topliss-reactive ketones (excluding diaryl/α,β-unsaturated/α-hetero) is 1. The third kappa shape index (κ3) is 3.74. The van der Waals surface area contributed by atoms with Crippen molar-refractivity contribution < 1.29 is 19.1 Å². The van der Waals surface area contributed by atoms with Crippen LogP contribution in [0.1, 0.15) is 30.6 Å². The van der Waals surface area contributed by atoms with Crippen molar-refractivity contribution in [3.05, 3.63) is 54.1 Å². The van der Waals surface area contributed by atoms with E-state index < -0.39 is 0 Å². The Hall–Kier alpha value is -3.15. The molecule has 0 saturated heterocycles. The summed E-state index contributed by atoms with van der Waals surface area (Å²) in [5, 5.41) is 2.82. The van der Waals surface area contributed by atoms with Gasteiger partial charge in [0.25, 0.3) is 5.91 Å². The summed E-state index contributed by atoms with van der Waals surface area (Å²) < 4.78 is 5.58. The quantitative estimate of drug-likeness (QED) is 0.858. The van der Waals surface area contributed by atoms with E-state index in [1.54, 1.807) is 41.3 Å². The lowest BCUT2D eigenvalue weighted by Crippen LogP contribution is -2.41. The van der Waals surface area contributed by atoms with E-state index in [1.807, 2.05) is 19.1 Å². The molecule has 1 aliphatic rings. The largest absolute Gasteiger partial charge is 0.484 e. The molecule has 0 fully saturated rings. The van der Waals surface area contributed by atoms with Crippen LogP contribution in [-0.2, 0) is 9.59 Å². The zero-order valence-electron chi connectivity index (χ0n) is 14.7. The number of amides is 2. The van der Waals surface area contributed by atoms with Gasteiger partial charge in [-0.2, -0.15) is 0 Å². The van der Waals surface area contributed by atoms with Gasteiger partial charge in [-0.1, -0.05) is 12.1 Å². The van der Waals surface area contributed by atoms with Crippen molar-refractivity contribution in [2.75, 3.05) is 16.8 Å². The number of carbonyl (C=O) groups excluding carboxylic acids is 3. The van der Waals surface area contributed by atoms with E-state index in [0.717, 1.165) is 0 Å². The van der Waals surface area contributed by atoms with Crippen molar-refractivity contribution in [1.29, 1.82) is 0 Å². The Labute approximate surface area is 151 Å². The van der Waals surface area contributed by atoms with Gasteiger partial charge < -0.3 is 15.0 Å². The summed E-state index contributed by atoms with van der Waals surface area (Å²) in [5.74, 6) is 0.117. The maximum Gasteiger partial charge on any atom is 0.265 e. The summed E-state index contributed by atoms with van der Waals surface area (Å²) in [6.45, 7) is 3.17. The third-order valence-corrected chi connectivity index (χ3v) is 4.25. The predicted molar refractivity (Wildman–Crippen MR) is 98.6 cm³/mol. The molecule has 0 aromatic heterocycles. The Balaban J connectivity index is 1.76. The zero-order chi connectivity index (χ0) is 18.7. The second-order valence-corrected chi connectivity index (χ2v) is 6.25. The van der Waals surface area contributed by atoms with Gasteiger partial charge in [-0.15, -0.1) is 0 Å². The summed E-state index contributed by atoms with van der Waals surface area (Å²) in [5.41, 5.74) is 1.86. The molecule has 3 rings (SSSR count). The minimum absolute atomic E-state index is 0.0280. The van der Waals surface area contributed by atoms with Gasteiger partial charge in [-0.3, -0.25) is 14.4 Å². The maximum atomic E-state index is 12.8. The van der Waals surface area contributed by atoms with Gasteiger partial charge in [-0.25, -0.2) is 0 Å². The van der Waals surface area contributed by atoms with Crippen LogP contribution in [0.5, 0.6) is 5.75 Å². The number of fused-ring (bicyclic) bond motifs is 1. The highest BCUT2D eigenvalue weighted by molar-refractivity contribution is 6.04. The summed E-state index contributed by atoms with van der Waals surface area (Å²) in [6, 6.07) is 13.6. The van der Waals surface area contributed by atoms with Crippen molar-refractivity contribution in [1.82, 2.24) is 0 Å². The Morgan fingerprint density at radius 1 is 1.15 bits per heavy atom. The molecule has 1 aliphatic heterocycles. The molecule has 6 heteroatoms. The van der Waals surface area contributed by atoms with Crippen molar-refractivity contribution in [3.8, 4) is 5.75 Å². The summed E-state index contributed by atoms with van der Waals surface area (Å²) in [7, 11) is 0. The lowest BCUT2D eigenvalue weighted by molar-refractivity contribution is -0.121. The molecule has 0 saturated carbocycles. The highest BCUT2D eigenvalue weighted by atomic mass is 16.5. The van der Waals surface area contributed by atoms with Gasteiger partial charge in [0.2, 0.25) is 5.91 Å². The fourth-order valence-corrected chi connectivity index (χ4v) is 2.97. The van der Waals surface area contributed by atoms with Gasteiger partial charge in [0, 0.05) is 18.0 Å². The number of carbonyl (C=O) groups is 3. The fraction of sp³-hybridized carbons (Fsp3) is 0.250. The Morgan fingerprint density at radius 2 is 1.85 bits per heavy atom. The SMILES string of the molecule is CC(=O)c1ccc(OCC(=O)N2c3ccccc3NC(=O)C[C@H]2C)cc1. The van der Waals surface area contributed by atoms with Crippen molar-refractivity contribution >= 4 is 29.0 Å². The van der Waals surface area contributed by atoms with Gasteiger partial charge >= 0.3 is 0 Å². The summed E-state index contributed by atoms with van der Waals surface area (Å²) in [4.78, 5) is 37.7. The Kier molecular flexibility index (Phi) is 5.02. The van der Waals surface area contributed by atoms with Crippen molar-refractivity contribution in [2.24, 2.45) is 0 Å². The third-order valence-electron chi connectivity index (χ3n) is 4.25. The monoisotopic (exact) mass is 352 g/mol. The van der Waals surface area contributed by atoms with Crippen LogP contribution in [0.15, 0.2) is 48.5 Å². The topological polar surface area (TPSA) is 75.7 Å². The van der Waals surface area contributed by atoms with Gasteiger partial charge in [0.05, 0.1) is 11.4 Å². The van der Waals surface area contributed by atoms with Gasteiger partial charge in [0.1, 0.15) is 5.75 Å². The van der Waals surface area contributed by atoms with Crippen LogP contribution in [0.4, 0.5) is 11.4 Å². The number of nitrogens with zero attached hydrogens (tertiary/aromatic N) is 1. The molecule has 0 radical (unpaired) electrons. The van der Waals surface area contributed by atoms with Crippen LogP contribution in [0.2, 0.25) is 0 Å². The van der Waals surface area contributed by atoms with Crippen LogP contribution in [-0.4, -0.2) is 30.2 Å². The molecule has 134 valence electrons. The van der Waals surface area contributed by atoms with Crippen molar-refractivity contribution in [3.63, 3.8) is 0 Å². The normalized spacial score (nSPS) is 16.3. The van der Waals surface area contributed by atoms with E-state index in [0.29, 0.717) is 22.7 Å². The van der Waals surface area contributed by atoms with Crippen LogP contribution in [0.25, 0.3) is 0 Å². The first-order valence-electron chi connectivity index (χ1n) is 8.40. The molecule has 1 heterocycles. The van der Waals surface area contributed by atoms with E-state index in [2.05, 4.69) is 5.32 Å². The molecule has 6 nitrogen and oxygen atoms in total. The molecule has 0 aliphatic carbocycles. The number of nitrogens with one attached hydrogen (secondary N) is 1. The molecule has 0 bridgehead atoms. The average Bonchev–Trinajstić information content (AvgIpc) is 2.74. The molecular weight excluding hydrogens is 332 g/mol. The van der Waals surface area contributed by atoms with Crippen LogP contribution in [0, 0.1) is 0 Å². The van der Waals surface area contributed by atoms with E-state index in [-0.39, 0.29) is 36.7 Å². The van der Waals surface area contributed by atoms with E-state index in [9.17, 15) is 14.4 Å². The first-order chi connectivity index (χ1) is 12.5. The first-order valence-corrected chi connectivity index (χ1v) is 8.40. The number of hydrogen-bond acceptors (Lipinski definition) is 4. The van der Waals surface area contributed by atoms with E-state index in [4.69, 9.17) is 4.74 Å². The number of rotatable bonds is 4. The highest BCUT2D eigenvalue weighted by Crippen LogP contribution is 2.31. The van der Waals surface area contributed by atoms with E-state index in [1.165, 1.54) is 6.92 Å². The van der Waals surface area contributed by atoms with Crippen LogP contribution in [0.3, 0.4) is 0 Å². The lowest BCUT2D eigenvalue weighted by atomic mass is 10.1. The molecule has 0 spiro atoms. The smallest absolute Gasteiger partial charge is 0.265 e. The molecule has 0 unspecified atom stereocenters. The first kappa shape index (κ1) is 17.7. The van der Waals surface area contributed by atoms with E-state index >= 15 is 0 Å². The number of para-hydroxylation sites is 2. The molecule has 2 amide bonds. The second-order valence-electron chi connectivity index (χ2n) is 6.25. The minimum Gasteiger partial charge on any atom is -0.484 e. The highest BCUT2D eigenvalue weighted by Gasteiger charge is 2.29. The fourth-order valence-electron chi connectivity index (χ4n) is 2.97. The number of benzene rings is 2. The summed E-state index contributed by atoms with van der Waals surface area (Å²) >= 11 is 0. The Morgan fingerprint density at radius 3 is 2.54 bits per heavy atom. The number of anilines is 2. The molecule has 26 heavy (non-hydrogen) atoms. The standard InChI is InChI=1S/C20H20N2O4/c1-13-11-19(24)21-17-5-3-4-6-18(17)22(13)20(25)12-26-16-9-7-15(8-10-16)14(2)23/h3-10,13H,11-12H2,1-2H3,(H,21,24)/t13-/m1/s1. The second kappa shape index (κ2) is 7.39. The number of ether oxygens (including phenoxy) is 1. The number of ketones is 1. The maximum absolute atomic E-state index is 12.8. The average molecular weight is 352 g/mol. The summed E-state index contributed by atoms with van der Waals surface area (Å²) in [6.07, 6.45) is 0.216. The molecular formula is C20H20N2O4. The van der Waals surface area contributed by atoms with Gasteiger partial charge in [0.15, 0.2) is 12.4 Å². The zero-order valence-corrected chi connectivity index (χ0v) is 14.7. The molecule has 1 N–H and O–H groups in total. The van der Waals surface area contributed by atoms with Gasteiger partial charge in [-0.05, 0) is 50.2 Å². The number of hydrogen-bond donors (Lipinski definition) is 1. The Bertz CT molecular complexity index is 845.